The molecule has 1 saturated heterocycles. The summed E-state index contributed by atoms with van der Waals surface area (Å²) >= 11 is 1.71. The molecule has 1 aromatic carbocycles. The van der Waals surface area contributed by atoms with Gasteiger partial charge in [0.25, 0.3) is 0 Å². The Labute approximate surface area is 94.2 Å². The van der Waals surface area contributed by atoms with Crippen LogP contribution in [0.3, 0.4) is 0 Å². The summed E-state index contributed by atoms with van der Waals surface area (Å²) < 4.78 is 14.5. The Morgan fingerprint density at radius 1 is 1.33 bits per heavy atom. The van der Waals surface area contributed by atoms with Crippen LogP contribution in [-0.4, -0.2) is 11.5 Å². The molecule has 0 amide bonds. The fraction of sp³-hybridized carbons (Fsp3) is 0.500. The second-order valence-electron chi connectivity index (χ2n) is 4.02. The first kappa shape index (κ1) is 11.0. The molecule has 1 aromatic rings. The zero-order valence-corrected chi connectivity index (χ0v) is 9.52. The molecular formula is C12H16FNS. The topological polar surface area (TPSA) is 26.0 Å². The minimum Gasteiger partial charge on any atom is -0.326 e. The summed E-state index contributed by atoms with van der Waals surface area (Å²) in [5.74, 6) is 1.68. The van der Waals surface area contributed by atoms with Crippen molar-refractivity contribution >= 4 is 11.8 Å². The van der Waals surface area contributed by atoms with Crippen LogP contribution >= 0.6 is 11.8 Å². The second kappa shape index (κ2) is 4.54. The van der Waals surface area contributed by atoms with Crippen LogP contribution in [0.15, 0.2) is 24.3 Å². The Morgan fingerprint density at radius 2 is 2.07 bits per heavy atom. The van der Waals surface area contributed by atoms with E-state index in [9.17, 15) is 4.39 Å². The minimum absolute atomic E-state index is 0.522. The van der Waals surface area contributed by atoms with Crippen LogP contribution in [0.1, 0.15) is 24.0 Å². The summed E-state index contributed by atoms with van der Waals surface area (Å²) in [5.41, 5.74) is 6.27. The first-order valence-electron chi connectivity index (χ1n) is 5.31. The highest BCUT2D eigenvalue weighted by molar-refractivity contribution is 7.99. The fourth-order valence-corrected chi connectivity index (χ4v) is 3.06. The number of hydrogen-bond acceptors (Lipinski definition) is 2. The molecule has 2 rings (SSSR count). The minimum atomic E-state index is -1.12. The number of halogens is 1. The van der Waals surface area contributed by atoms with Crippen molar-refractivity contribution in [3.8, 4) is 0 Å². The van der Waals surface area contributed by atoms with E-state index in [1.807, 2.05) is 24.3 Å². The molecule has 3 heteroatoms. The summed E-state index contributed by atoms with van der Waals surface area (Å²) in [6.45, 7) is 0.522. The molecule has 82 valence electrons. The van der Waals surface area contributed by atoms with Crippen molar-refractivity contribution in [3.05, 3.63) is 35.4 Å². The number of rotatable bonds is 2. The molecule has 1 unspecified atom stereocenters. The van der Waals surface area contributed by atoms with Gasteiger partial charge >= 0.3 is 0 Å². The molecule has 0 aliphatic carbocycles. The zero-order valence-electron chi connectivity index (χ0n) is 8.71. The molecule has 1 atom stereocenters. The van der Waals surface area contributed by atoms with Crippen molar-refractivity contribution in [2.75, 3.05) is 11.5 Å². The average Bonchev–Trinajstić information content (AvgIpc) is 2.30. The monoisotopic (exact) mass is 225 g/mol. The van der Waals surface area contributed by atoms with Crippen LogP contribution in [-0.2, 0) is 12.2 Å². The molecule has 0 spiro atoms. The molecular weight excluding hydrogens is 209 g/mol. The van der Waals surface area contributed by atoms with Crippen LogP contribution in [0.5, 0.6) is 0 Å². The fourth-order valence-electron chi connectivity index (χ4n) is 1.93. The molecule has 1 heterocycles. The lowest BCUT2D eigenvalue weighted by Crippen LogP contribution is -2.27. The lowest BCUT2D eigenvalue weighted by molar-refractivity contribution is 0.178. The first-order valence-corrected chi connectivity index (χ1v) is 6.46. The highest BCUT2D eigenvalue weighted by Crippen LogP contribution is 2.38. The number of thioether (sulfide) groups is 1. The van der Waals surface area contributed by atoms with Gasteiger partial charge in [0.15, 0.2) is 0 Å². The van der Waals surface area contributed by atoms with E-state index in [1.54, 1.807) is 11.8 Å². The van der Waals surface area contributed by atoms with E-state index in [0.717, 1.165) is 23.3 Å². The summed E-state index contributed by atoms with van der Waals surface area (Å²) in [5, 5.41) is 0. The van der Waals surface area contributed by atoms with Crippen LogP contribution in [0.4, 0.5) is 4.39 Å². The van der Waals surface area contributed by atoms with Gasteiger partial charge in [0.2, 0.25) is 0 Å². The smallest absolute Gasteiger partial charge is 0.145 e. The maximum absolute atomic E-state index is 14.5. The van der Waals surface area contributed by atoms with Gasteiger partial charge in [-0.1, -0.05) is 24.3 Å². The molecule has 1 aliphatic rings. The second-order valence-corrected chi connectivity index (χ2v) is 5.13. The number of hydrogen-bond donors (Lipinski definition) is 1. The summed E-state index contributed by atoms with van der Waals surface area (Å²) in [4.78, 5) is 0. The van der Waals surface area contributed by atoms with Crippen molar-refractivity contribution < 1.29 is 4.39 Å². The van der Waals surface area contributed by atoms with Gasteiger partial charge in [-0.05, 0) is 29.7 Å². The van der Waals surface area contributed by atoms with Gasteiger partial charge in [0.05, 0.1) is 0 Å². The first-order chi connectivity index (χ1) is 7.24. The van der Waals surface area contributed by atoms with Crippen molar-refractivity contribution in [2.24, 2.45) is 5.73 Å². The average molecular weight is 225 g/mol. The Bertz CT molecular complexity index is 317. The van der Waals surface area contributed by atoms with E-state index < -0.39 is 5.67 Å². The molecule has 1 nitrogen and oxygen atoms in total. The predicted molar refractivity (Wildman–Crippen MR) is 63.7 cm³/mol. The van der Waals surface area contributed by atoms with Crippen LogP contribution < -0.4 is 5.73 Å². The van der Waals surface area contributed by atoms with E-state index in [-0.39, 0.29) is 0 Å². The largest absolute Gasteiger partial charge is 0.326 e. The normalized spacial score (nSPS) is 26.5. The van der Waals surface area contributed by atoms with E-state index in [4.69, 9.17) is 5.73 Å². The summed E-state index contributed by atoms with van der Waals surface area (Å²) in [6.07, 6.45) is 1.63. The lowest BCUT2D eigenvalue weighted by atomic mass is 9.92. The molecule has 0 radical (unpaired) electrons. The van der Waals surface area contributed by atoms with Crippen LogP contribution in [0.2, 0.25) is 0 Å². The highest BCUT2D eigenvalue weighted by Gasteiger charge is 2.33. The predicted octanol–water partition coefficient (Wildman–Crippen LogP) is 2.84. The highest BCUT2D eigenvalue weighted by atomic mass is 32.2. The maximum atomic E-state index is 14.5. The molecule has 15 heavy (non-hydrogen) atoms. The molecule has 0 bridgehead atoms. The van der Waals surface area contributed by atoms with E-state index in [1.165, 1.54) is 0 Å². The van der Waals surface area contributed by atoms with Crippen LogP contribution in [0, 0.1) is 0 Å². The number of alkyl halides is 1. The quantitative estimate of drug-likeness (QED) is 0.837. The molecule has 0 saturated carbocycles. The Kier molecular flexibility index (Phi) is 3.32. The molecule has 0 aromatic heterocycles. The van der Waals surface area contributed by atoms with Gasteiger partial charge in [0.1, 0.15) is 5.67 Å². The van der Waals surface area contributed by atoms with Crippen molar-refractivity contribution in [1.29, 1.82) is 0 Å². The SMILES string of the molecule is NCc1ccc(C2(F)CCCSC2)cc1. The van der Waals surface area contributed by atoms with Crippen molar-refractivity contribution in [2.45, 2.75) is 25.1 Å². The Morgan fingerprint density at radius 3 is 2.60 bits per heavy atom. The molecule has 2 N–H and O–H groups in total. The van der Waals surface area contributed by atoms with Crippen molar-refractivity contribution in [3.63, 3.8) is 0 Å². The van der Waals surface area contributed by atoms with Gasteiger partial charge in [-0.2, -0.15) is 11.8 Å². The van der Waals surface area contributed by atoms with Gasteiger partial charge < -0.3 is 5.73 Å². The van der Waals surface area contributed by atoms with Gasteiger partial charge in [0, 0.05) is 12.3 Å². The third-order valence-corrected chi connectivity index (χ3v) is 4.14. The van der Waals surface area contributed by atoms with E-state index in [0.29, 0.717) is 18.7 Å². The third kappa shape index (κ3) is 2.34. The van der Waals surface area contributed by atoms with Crippen LogP contribution in [0.25, 0.3) is 0 Å². The van der Waals surface area contributed by atoms with Gasteiger partial charge in [-0.15, -0.1) is 0 Å². The van der Waals surface area contributed by atoms with Gasteiger partial charge in [-0.25, -0.2) is 4.39 Å². The van der Waals surface area contributed by atoms with E-state index >= 15 is 0 Å². The molecule has 1 fully saturated rings. The Balaban J connectivity index is 2.20. The third-order valence-electron chi connectivity index (χ3n) is 2.90. The number of nitrogens with two attached hydrogens (primary N) is 1. The summed E-state index contributed by atoms with van der Waals surface area (Å²) in [6, 6.07) is 7.62. The Hall–Kier alpha value is -0.540. The maximum Gasteiger partial charge on any atom is 0.145 e. The standard InChI is InChI=1S/C12H16FNS/c13-12(6-1-7-15-9-12)11-4-2-10(8-14)3-5-11/h2-5H,1,6-9,14H2. The lowest BCUT2D eigenvalue weighted by Gasteiger charge is -2.29. The van der Waals surface area contributed by atoms with Gasteiger partial charge in [-0.3, -0.25) is 0 Å². The molecule has 1 aliphatic heterocycles. The van der Waals surface area contributed by atoms with E-state index in [2.05, 4.69) is 0 Å². The summed E-state index contributed by atoms with van der Waals surface area (Å²) in [7, 11) is 0. The number of benzene rings is 1. The van der Waals surface area contributed by atoms with Crippen molar-refractivity contribution in [1.82, 2.24) is 0 Å². The zero-order chi connectivity index (χ0) is 10.7.